The number of likely N-dealkylation sites (tertiary alicyclic amines) is 1. The molecule has 1 aliphatic rings. The fraction of sp³-hybridized carbons (Fsp3) is 0.688. The van der Waals surface area contributed by atoms with E-state index in [1.54, 1.807) is 0 Å². The highest BCUT2D eigenvalue weighted by Crippen LogP contribution is 2.29. The van der Waals surface area contributed by atoms with Crippen molar-refractivity contribution in [3.05, 3.63) is 28.5 Å². The molecule has 1 N–H and O–H groups in total. The van der Waals surface area contributed by atoms with Gasteiger partial charge in [-0.2, -0.15) is 0 Å². The van der Waals surface area contributed by atoms with Crippen LogP contribution in [0.5, 0.6) is 0 Å². The number of nitrogens with one attached hydrogen (secondary N) is 1. The molecule has 0 spiro atoms. The lowest BCUT2D eigenvalue weighted by Crippen LogP contribution is -2.58. The molecule has 3 nitrogen and oxygen atoms in total. The van der Waals surface area contributed by atoms with E-state index in [4.69, 9.17) is 0 Å². The average Bonchev–Trinajstić information content (AvgIpc) is 3.00. The molecule has 0 bridgehead atoms. The lowest BCUT2D eigenvalue weighted by molar-refractivity contribution is 0.0869. The van der Waals surface area contributed by atoms with Gasteiger partial charge in [0.15, 0.2) is 0 Å². The largest absolute Gasteiger partial charge is 0.315 e. The van der Waals surface area contributed by atoms with Gasteiger partial charge in [-0.15, -0.1) is 0 Å². The van der Waals surface area contributed by atoms with Crippen LogP contribution in [0.25, 0.3) is 0 Å². The van der Waals surface area contributed by atoms with Gasteiger partial charge in [0.1, 0.15) is 0 Å². The first-order valence-corrected chi connectivity index (χ1v) is 8.42. The molecule has 1 aromatic rings. The predicted octanol–water partition coefficient (Wildman–Crippen LogP) is 3.24. The van der Waals surface area contributed by atoms with E-state index in [2.05, 4.69) is 64.2 Å². The Hall–Kier alpha value is -0.450. The molecule has 1 saturated heterocycles. The quantitative estimate of drug-likeness (QED) is 0.862. The summed E-state index contributed by atoms with van der Waals surface area (Å²) in [5, 5.41) is 3.54. The summed E-state index contributed by atoms with van der Waals surface area (Å²) in [5.74, 6) is 0. The Kier molecular flexibility index (Phi) is 5.58. The third-order valence-corrected chi connectivity index (χ3v) is 5.31. The van der Waals surface area contributed by atoms with Crippen LogP contribution in [-0.2, 0) is 6.42 Å². The summed E-state index contributed by atoms with van der Waals surface area (Å²) >= 11 is 3.45. The second-order valence-electron chi connectivity index (χ2n) is 5.92. The monoisotopic (exact) mass is 339 g/mol. The first-order chi connectivity index (χ1) is 9.60. The van der Waals surface area contributed by atoms with Gasteiger partial charge in [0.05, 0.1) is 0 Å². The molecule has 2 heterocycles. The van der Waals surface area contributed by atoms with Crippen molar-refractivity contribution in [1.82, 2.24) is 15.2 Å². The van der Waals surface area contributed by atoms with Crippen molar-refractivity contribution < 1.29 is 0 Å². The van der Waals surface area contributed by atoms with Crippen LogP contribution in [0.1, 0.15) is 38.8 Å². The van der Waals surface area contributed by atoms with Crippen LogP contribution in [0, 0.1) is 0 Å². The van der Waals surface area contributed by atoms with E-state index < -0.39 is 0 Å². The molecule has 20 heavy (non-hydrogen) atoms. The summed E-state index contributed by atoms with van der Waals surface area (Å²) in [7, 11) is 2.08. The summed E-state index contributed by atoms with van der Waals surface area (Å²) < 4.78 is 1.04. The van der Waals surface area contributed by atoms with Crippen LogP contribution in [0.3, 0.4) is 0 Å². The minimum Gasteiger partial charge on any atom is -0.315 e. The molecule has 0 radical (unpaired) electrons. The number of nitrogens with zero attached hydrogens (tertiary/aromatic N) is 2. The van der Waals surface area contributed by atoms with Crippen LogP contribution in [0.4, 0.5) is 0 Å². The third-order valence-electron chi connectivity index (χ3n) is 4.85. The van der Waals surface area contributed by atoms with Gasteiger partial charge in [-0.25, -0.2) is 0 Å². The molecule has 1 fully saturated rings. The fourth-order valence-corrected chi connectivity index (χ4v) is 3.52. The maximum atomic E-state index is 4.54. The molecule has 0 aromatic carbocycles. The molecular weight excluding hydrogens is 314 g/mol. The van der Waals surface area contributed by atoms with Crippen molar-refractivity contribution in [2.45, 2.75) is 51.1 Å². The highest BCUT2D eigenvalue weighted by atomic mass is 79.9. The summed E-state index contributed by atoms with van der Waals surface area (Å²) in [6, 6.07) is 4.63. The van der Waals surface area contributed by atoms with E-state index in [0.717, 1.165) is 23.0 Å². The van der Waals surface area contributed by atoms with E-state index in [9.17, 15) is 0 Å². The Morgan fingerprint density at radius 2 is 2.10 bits per heavy atom. The van der Waals surface area contributed by atoms with Crippen LogP contribution >= 0.6 is 15.9 Å². The van der Waals surface area contributed by atoms with E-state index >= 15 is 0 Å². The zero-order chi connectivity index (χ0) is 14.6. The number of aromatic nitrogens is 1. The SMILES string of the molecule is CCC(C)(C(Cc1ccc(Br)cn1)NC)N1CCCC1. The van der Waals surface area contributed by atoms with Gasteiger partial charge in [0.2, 0.25) is 0 Å². The molecule has 4 heteroatoms. The van der Waals surface area contributed by atoms with Crippen molar-refractivity contribution in [3.8, 4) is 0 Å². The first kappa shape index (κ1) is 15.9. The number of rotatable bonds is 6. The van der Waals surface area contributed by atoms with Crippen LogP contribution < -0.4 is 5.32 Å². The third kappa shape index (κ3) is 3.41. The van der Waals surface area contributed by atoms with Gasteiger partial charge in [-0.05, 0) is 74.4 Å². The Labute approximate surface area is 131 Å². The van der Waals surface area contributed by atoms with E-state index in [1.807, 2.05) is 6.20 Å². The minimum absolute atomic E-state index is 0.208. The van der Waals surface area contributed by atoms with Gasteiger partial charge in [-0.1, -0.05) is 6.92 Å². The highest BCUT2D eigenvalue weighted by molar-refractivity contribution is 9.10. The number of halogens is 1. The summed E-state index contributed by atoms with van der Waals surface area (Å²) in [5.41, 5.74) is 1.37. The van der Waals surface area contributed by atoms with Crippen molar-refractivity contribution in [1.29, 1.82) is 0 Å². The molecule has 0 saturated carbocycles. The zero-order valence-corrected chi connectivity index (χ0v) is 14.4. The van der Waals surface area contributed by atoms with Gasteiger partial charge >= 0.3 is 0 Å². The van der Waals surface area contributed by atoms with Crippen LogP contribution in [0.2, 0.25) is 0 Å². The second-order valence-corrected chi connectivity index (χ2v) is 6.83. The number of pyridine rings is 1. The molecule has 2 rings (SSSR count). The Morgan fingerprint density at radius 3 is 2.60 bits per heavy atom. The van der Waals surface area contributed by atoms with Crippen molar-refractivity contribution in [3.63, 3.8) is 0 Å². The van der Waals surface area contributed by atoms with Crippen molar-refractivity contribution >= 4 is 15.9 Å². The highest BCUT2D eigenvalue weighted by Gasteiger charge is 2.38. The Morgan fingerprint density at radius 1 is 1.40 bits per heavy atom. The Bertz CT molecular complexity index is 414. The smallest absolute Gasteiger partial charge is 0.0420 e. The van der Waals surface area contributed by atoms with Crippen LogP contribution in [0.15, 0.2) is 22.8 Å². The van der Waals surface area contributed by atoms with E-state index in [0.29, 0.717) is 6.04 Å². The number of likely N-dealkylation sites (N-methyl/N-ethyl adjacent to an activating group) is 1. The molecule has 2 unspecified atom stereocenters. The van der Waals surface area contributed by atoms with Gasteiger partial charge in [0, 0.05) is 34.4 Å². The molecule has 0 amide bonds. The molecule has 112 valence electrons. The topological polar surface area (TPSA) is 28.2 Å². The standard InChI is InChI=1S/C16H26BrN3/c1-4-16(2,20-9-5-6-10-20)15(18-3)11-14-8-7-13(17)12-19-14/h7-8,12,15,18H,4-6,9-11H2,1-3H3. The van der Waals surface area contributed by atoms with Crippen molar-refractivity contribution in [2.24, 2.45) is 0 Å². The number of hydrogen-bond donors (Lipinski definition) is 1. The number of hydrogen-bond acceptors (Lipinski definition) is 3. The second kappa shape index (κ2) is 7.01. The maximum Gasteiger partial charge on any atom is 0.0420 e. The molecule has 1 aliphatic heterocycles. The Balaban J connectivity index is 2.14. The molecular formula is C16H26BrN3. The summed E-state index contributed by atoms with van der Waals surface area (Å²) in [4.78, 5) is 7.19. The maximum absolute atomic E-state index is 4.54. The van der Waals surface area contributed by atoms with Gasteiger partial charge in [-0.3, -0.25) is 9.88 Å². The molecule has 0 aliphatic carbocycles. The predicted molar refractivity (Wildman–Crippen MR) is 88.0 cm³/mol. The lowest BCUT2D eigenvalue weighted by atomic mass is 9.84. The molecule has 2 atom stereocenters. The lowest BCUT2D eigenvalue weighted by Gasteiger charge is -2.44. The summed E-state index contributed by atoms with van der Waals surface area (Å²) in [6.45, 7) is 7.17. The minimum atomic E-state index is 0.208. The van der Waals surface area contributed by atoms with E-state index in [1.165, 1.54) is 25.9 Å². The van der Waals surface area contributed by atoms with Gasteiger partial charge < -0.3 is 5.32 Å². The first-order valence-electron chi connectivity index (χ1n) is 7.63. The van der Waals surface area contributed by atoms with Gasteiger partial charge in [0.25, 0.3) is 0 Å². The van der Waals surface area contributed by atoms with Crippen LogP contribution in [-0.4, -0.2) is 41.6 Å². The fourth-order valence-electron chi connectivity index (χ4n) is 3.29. The normalized spacial score (nSPS) is 20.8. The van der Waals surface area contributed by atoms with Crippen molar-refractivity contribution in [2.75, 3.05) is 20.1 Å². The van der Waals surface area contributed by atoms with E-state index in [-0.39, 0.29) is 5.54 Å². The summed E-state index contributed by atoms with van der Waals surface area (Å²) in [6.07, 6.45) is 6.70. The molecule has 1 aromatic heterocycles. The zero-order valence-electron chi connectivity index (χ0n) is 12.8. The average molecular weight is 340 g/mol.